The summed E-state index contributed by atoms with van der Waals surface area (Å²) < 4.78 is 13.5. The van der Waals surface area contributed by atoms with Crippen molar-refractivity contribution in [1.82, 2.24) is 10.6 Å². The van der Waals surface area contributed by atoms with Gasteiger partial charge < -0.3 is 15.7 Å². The van der Waals surface area contributed by atoms with Gasteiger partial charge in [-0.05, 0) is 47.4 Å². The molecule has 0 unspecified atom stereocenters. The summed E-state index contributed by atoms with van der Waals surface area (Å²) >= 11 is 1.49. The fourth-order valence-electron chi connectivity index (χ4n) is 2.09. The molecule has 0 radical (unpaired) electrons. The van der Waals surface area contributed by atoms with E-state index in [1.807, 2.05) is 16.8 Å². The van der Waals surface area contributed by atoms with E-state index < -0.39 is 6.10 Å². The molecule has 1 heterocycles. The molecular weight excluding hydrogens is 303 g/mol. The Balaban J connectivity index is 1.76. The number of nitrogens with one attached hydrogen (secondary N) is 2. The van der Waals surface area contributed by atoms with Crippen LogP contribution in [0.15, 0.2) is 41.1 Å². The van der Waals surface area contributed by atoms with Crippen LogP contribution in [0.3, 0.4) is 0 Å². The predicted octanol–water partition coefficient (Wildman–Crippen LogP) is 2.85. The summed E-state index contributed by atoms with van der Waals surface area (Å²) in [7, 11) is 0. The van der Waals surface area contributed by atoms with Crippen LogP contribution in [0.25, 0.3) is 0 Å². The van der Waals surface area contributed by atoms with Gasteiger partial charge in [-0.3, -0.25) is 0 Å². The Morgan fingerprint density at radius 2 is 2.14 bits per heavy atom. The second-order valence-corrected chi connectivity index (χ2v) is 5.90. The Morgan fingerprint density at radius 1 is 1.36 bits per heavy atom. The van der Waals surface area contributed by atoms with E-state index in [1.165, 1.54) is 17.4 Å². The first-order valence-corrected chi connectivity index (χ1v) is 7.98. The van der Waals surface area contributed by atoms with Crippen LogP contribution < -0.4 is 10.6 Å². The minimum Gasteiger partial charge on any atom is -0.387 e. The maximum absolute atomic E-state index is 13.5. The van der Waals surface area contributed by atoms with Crippen molar-refractivity contribution in [3.05, 3.63) is 58.0 Å². The molecule has 0 aliphatic rings. The number of urea groups is 1. The molecule has 0 spiro atoms. The number of hydrogen-bond donors (Lipinski definition) is 3. The lowest BCUT2D eigenvalue weighted by Crippen LogP contribution is -2.43. The van der Waals surface area contributed by atoms with Crippen LogP contribution in [0.1, 0.15) is 24.2 Å². The molecule has 2 aromatic rings. The summed E-state index contributed by atoms with van der Waals surface area (Å²) in [5.41, 5.74) is 1.35. The Labute approximate surface area is 133 Å². The molecule has 1 aromatic carbocycles. The average Bonchev–Trinajstić information content (AvgIpc) is 3.01. The first-order chi connectivity index (χ1) is 10.6. The standard InChI is InChI=1S/C16H19FN2O2S/c1-11(8-12-4-2-3-5-14(12)17)19-16(21)18-9-15(20)13-6-7-22-10-13/h2-7,10-11,15,20H,8-9H2,1H3,(H2,18,19,21)/t11-,15-/m1/s1. The van der Waals surface area contributed by atoms with Crippen molar-refractivity contribution in [3.8, 4) is 0 Å². The zero-order valence-corrected chi connectivity index (χ0v) is 13.1. The number of carbonyl (C=O) groups is 1. The molecule has 0 fully saturated rings. The number of aliphatic hydroxyl groups excluding tert-OH is 1. The summed E-state index contributed by atoms with van der Waals surface area (Å²) in [6.07, 6.45) is -0.313. The maximum atomic E-state index is 13.5. The highest BCUT2D eigenvalue weighted by atomic mass is 32.1. The van der Waals surface area contributed by atoms with Crippen molar-refractivity contribution < 1.29 is 14.3 Å². The molecule has 0 aliphatic heterocycles. The average molecular weight is 322 g/mol. The van der Waals surface area contributed by atoms with Crippen LogP contribution in [0, 0.1) is 5.82 Å². The molecule has 6 heteroatoms. The Bertz CT molecular complexity index is 604. The van der Waals surface area contributed by atoms with Crippen LogP contribution in [-0.2, 0) is 6.42 Å². The highest BCUT2D eigenvalue weighted by molar-refractivity contribution is 7.07. The molecule has 0 saturated heterocycles. The molecule has 0 bridgehead atoms. The van der Waals surface area contributed by atoms with Gasteiger partial charge in [0.15, 0.2) is 0 Å². The molecule has 4 nitrogen and oxygen atoms in total. The number of thiophene rings is 1. The van der Waals surface area contributed by atoms with E-state index in [4.69, 9.17) is 0 Å². The Kier molecular flexibility index (Phi) is 5.91. The third-order valence-corrected chi connectivity index (χ3v) is 3.95. The Morgan fingerprint density at radius 3 is 2.82 bits per heavy atom. The zero-order chi connectivity index (χ0) is 15.9. The van der Waals surface area contributed by atoms with Gasteiger partial charge in [-0.1, -0.05) is 18.2 Å². The van der Waals surface area contributed by atoms with E-state index in [0.29, 0.717) is 12.0 Å². The second kappa shape index (κ2) is 7.91. The topological polar surface area (TPSA) is 61.4 Å². The Hall–Kier alpha value is -1.92. The lowest BCUT2D eigenvalue weighted by atomic mass is 10.1. The van der Waals surface area contributed by atoms with Crippen LogP contribution in [0.2, 0.25) is 0 Å². The number of amides is 2. The van der Waals surface area contributed by atoms with Gasteiger partial charge in [0, 0.05) is 12.6 Å². The van der Waals surface area contributed by atoms with E-state index >= 15 is 0 Å². The van der Waals surface area contributed by atoms with Crippen LogP contribution in [0.5, 0.6) is 0 Å². The van der Waals surface area contributed by atoms with Gasteiger partial charge in [0.05, 0.1) is 6.10 Å². The number of rotatable bonds is 6. The summed E-state index contributed by atoms with van der Waals surface area (Å²) in [4.78, 5) is 11.8. The number of halogens is 1. The molecule has 1 aromatic heterocycles. The molecule has 0 aliphatic carbocycles. The highest BCUT2D eigenvalue weighted by Crippen LogP contribution is 2.15. The molecule has 118 valence electrons. The smallest absolute Gasteiger partial charge is 0.315 e. The second-order valence-electron chi connectivity index (χ2n) is 5.12. The number of aliphatic hydroxyl groups is 1. The van der Waals surface area contributed by atoms with Crippen molar-refractivity contribution in [2.45, 2.75) is 25.5 Å². The van der Waals surface area contributed by atoms with Gasteiger partial charge in [-0.15, -0.1) is 0 Å². The molecule has 3 N–H and O–H groups in total. The summed E-state index contributed by atoms with van der Waals surface area (Å²) in [5, 5.41) is 18.9. The van der Waals surface area contributed by atoms with Gasteiger partial charge in [-0.25, -0.2) is 9.18 Å². The fourth-order valence-corrected chi connectivity index (χ4v) is 2.80. The fraction of sp³-hybridized carbons (Fsp3) is 0.312. The first kappa shape index (κ1) is 16.5. The normalized spacial score (nSPS) is 13.4. The summed E-state index contributed by atoms with van der Waals surface area (Å²) in [5.74, 6) is -0.274. The SMILES string of the molecule is C[C@H](Cc1ccccc1F)NC(=O)NC[C@@H](O)c1ccsc1. The van der Waals surface area contributed by atoms with Crippen molar-refractivity contribution in [3.63, 3.8) is 0 Å². The predicted molar refractivity (Wildman–Crippen MR) is 85.4 cm³/mol. The quantitative estimate of drug-likeness (QED) is 0.766. The van der Waals surface area contributed by atoms with Crippen molar-refractivity contribution in [1.29, 1.82) is 0 Å². The third-order valence-electron chi connectivity index (χ3n) is 3.25. The third kappa shape index (κ3) is 4.82. The largest absolute Gasteiger partial charge is 0.387 e. The van der Waals surface area contributed by atoms with Gasteiger partial charge in [0.1, 0.15) is 5.82 Å². The van der Waals surface area contributed by atoms with Gasteiger partial charge in [0.2, 0.25) is 0 Å². The molecular formula is C16H19FN2O2S. The summed E-state index contributed by atoms with van der Waals surface area (Å²) in [6.45, 7) is 1.94. The minimum atomic E-state index is -0.723. The first-order valence-electron chi connectivity index (χ1n) is 7.04. The van der Waals surface area contributed by atoms with Crippen molar-refractivity contribution in [2.75, 3.05) is 6.54 Å². The van der Waals surface area contributed by atoms with Crippen molar-refractivity contribution in [2.24, 2.45) is 0 Å². The van der Waals surface area contributed by atoms with Gasteiger partial charge >= 0.3 is 6.03 Å². The summed E-state index contributed by atoms with van der Waals surface area (Å²) in [6, 6.07) is 7.73. The maximum Gasteiger partial charge on any atom is 0.315 e. The van der Waals surface area contributed by atoms with E-state index in [9.17, 15) is 14.3 Å². The molecule has 2 amide bonds. The minimum absolute atomic E-state index is 0.134. The van der Waals surface area contributed by atoms with E-state index in [-0.39, 0.29) is 24.4 Å². The molecule has 2 rings (SSSR count). The number of hydrogen-bond acceptors (Lipinski definition) is 3. The molecule has 22 heavy (non-hydrogen) atoms. The van der Waals surface area contributed by atoms with E-state index in [1.54, 1.807) is 25.1 Å². The van der Waals surface area contributed by atoms with Gasteiger partial charge in [0.25, 0.3) is 0 Å². The van der Waals surface area contributed by atoms with Crippen LogP contribution >= 0.6 is 11.3 Å². The molecule has 0 saturated carbocycles. The van der Waals surface area contributed by atoms with E-state index in [2.05, 4.69) is 10.6 Å². The van der Waals surface area contributed by atoms with Gasteiger partial charge in [-0.2, -0.15) is 11.3 Å². The van der Waals surface area contributed by atoms with E-state index in [0.717, 1.165) is 5.56 Å². The lowest BCUT2D eigenvalue weighted by Gasteiger charge is -2.16. The zero-order valence-electron chi connectivity index (χ0n) is 12.3. The van der Waals surface area contributed by atoms with Crippen molar-refractivity contribution >= 4 is 17.4 Å². The highest BCUT2D eigenvalue weighted by Gasteiger charge is 2.12. The molecule has 2 atom stereocenters. The lowest BCUT2D eigenvalue weighted by molar-refractivity contribution is 0.173. The van der Waals surface area contributed by atoms with Crippen LogP contribution in [0.4, 0.5) is 9.18 Å². The number of benzene rings is 1. The monoisotopic (exact) mass is 322 g/mol. The number of carbonyl (C=O) groups excluding carboxylic acids is 1. The van der Waals surface area contributed by atoms with Crippen LogP contribution in [-0.4, -0.2) is 23.7 Å².